The summed E-state index contributed by atoms with van der Waals surface area (Å²) in [5, 5.41) is 10.6. The molecule has 0 amide bonds. The molecule has 2 aromatic rings. The molecular formula is C9H5IO3. The zero-order chi connectivity index (χ0) is 9.42. The molecule has 0 aliphatic heterocycles. The summed E-state index contributed by atoms with van der Waals surface area (Å²) in [7, 11) is 0. The molecule has 2 rings (SSSR count). The molecular weight excluding hydrogens is 283 g/mol. The van der Waals surface area contributed by atoms with Crippen molar-refractivity contribution in [2.24, 2.45) is 0 Å². The van der Waals surface area contributed by atoms with E-state index in [4.69, 9.17) is 0 Å². The highest BCUT2D eigenvalue weighted by Crippen LogP contribution is 2.26. The van der Waals surface area contributed by atoms with Gasteiger partial charge in [0.15, 0.2) is 0 Å². The largest absolute Gasteiger partial charge is 0.480 e. The van der Waals surface area contributed by atoms with Gasteiger partial charge in [0.25, 0.3) is 5.95 Å². The van der Waals surface area contributed by atoms with Crippen LogP contribution in [0, 0.1) is 3.57 Å². The van der Waals surface area contributed by atoms with Gasteiger partial charge in [0.05, 0.1) is 5.39 Å². The van der Waals surface area contributed by atoms with E-state index in [1.807, 2.05) is 12.1 Å². The molecule has 0 fully saturated rings. The first-order valence-corrected chi connectivity index (χ1v) is 4.68. The second-order valence-electron chi connectivity index (χ2n) is 2.57. The highest BCUT2D eigenvalue weighted by atomic mass is 127. The lowest BCUT2D eigenvalue weighted by atomic mass is 10.2. The van der Waals surface area contributed by atoms with Crippen molar-refractivity contribution in [2.75, 3.05) is 0 Å². The van der Waals surface area contributed by atoms with E-state index in [0.717, 1.165) is 3.57 Å². The fourth-order valence-corrected chi connectivity index (χ4v) is 1.94. The standard InChI is InChI=1S/C9H5IO3/c10-6-3-1-2-5-4-7(11)13-9(12)8(5)6/h1-4,12H. The van der Waals surface area contributed by atoms with Crippen LogP contribution in [0.3, 0.4) is 0 Å². The Morgan fingerprint density at radius 2 is 2.15 bits per heavy atom. The van der Waals surface area contributed by atoms with Crippen LogP contribution in [-0.2, 0) is 0 Å². The van der Waals surface area contributed by atoms with Crippen LogP contribution in [0.25, 0.3) is 10.8 Å². The number of rotatable bonds is 0. The molecule has 0 bridgehead atoms. The van der Waals surface area contributed by atoms with E-state index in [-0.39, 0.29) is 5.95 Å². The lowest BCUT2D eigenvalue weighted by Gasteiger charge is -1.99. The Labute approximate surface area is 87.1 Å². The maximum absolute atomic E-state index is 10.9. The first kappa shape index (κ1) is 8.55. The molecule has 0 radical (unpaired) electrons. The van der Waals surface area contributed by atoms with Crippen LogP contribution in [0.1, 0.15) is 0 Å². The fraction of sp³-hybridized carbons (Fsp3) is 0. The highest BCUT2D eigenvalue weighted by molar-refractivity contribution is 14.1. The molecule has 0 saturated carbocycles. The van der Waals surface area contributed by atoms with Crippen molar-refractivity contribution in [2.45, 2.75) is 0 Å². The number of aromatic hydroxyl groups is 1. The molecule has 13 heavy (non-hydrogen) atoms. The van der Waals surface area contributed by atoms with Crippen molar-refractivity contribution in [1.82, 2.24) is 0 Å². The van der Waals surface area contributed by atoms with Crippen LogP contribution in [0.4, 0.5) is 0 Å². The number of hydrogen-bond donors (Lipinski definition) is 1. The van der Waals surface area contributed by atoms with Gasteiger partial charge in [-0.1, -0.05) is 12.1 Å². The maximum Gasteiger partial charge on any atom is 0.339 e. The van der Waals surface area contributed by atoms with Crippen LogP contribution in [0.15, 0.2) is 33.5 Å². The third-order valence-corrected chi connectivity index (χ3v) is 2.63. The zero-order valence-electron chi connectivity index (χ0n) is 6.45. The van der Waals surface area contributed by atoms with Gasteiger partial charge in [0.2, 0.25) is 0 Å². The minimum Gasteiger partial charge on any atom is -0.480 e. The van der Waals surface area contributed by atoms with E-state index < -0.39 is 5.63 Å². The number of fused-ring (bicyclic) bond motifs is 1. The van der Waals surface area contributed by atoms with Gasteiger partial charge in [-0.3, -0.25) is 0 Å². The smallest absolute Gasteiger partial charge is 0.339 e. The van der Waals surface area contributed by atoms with Gasteiger partial charge in [-0.15, -0.1) is 0 Å². The normalized spacial score (nSPS) is 10.5. The van der Waals surface area contributed by atoms with E-state index in [0.29, 0.717) is 10.8 Å². The van der Waals surface area contributed by atoms with E-state index >= 15 is 0 Å². The first-order valence-electron chi connectivity index (χ1n) is 3.60. The summed E-state index contributed by atoms with van der Waals surface area (Å²) in [6.45, 7) is 0. The van der Waals surface area contributed by atoms with Crippen molar-refractivity contribution in [1.29, 1.82) is 0 Å². The monoisotopic (exact) mass is 288 g/mol. The van der Waals surface area contributed by atoms with Gasteiger partial charge >= 0.3 is 5.63 Å². The van der Waals surface area contributed by atoms with Crippen LogP contribution in [-0.4, -0.2) is 5.11 Å². The third kappa shape index (κ3) is 1.41. The fourth-order valence-electron chi connectivity index (χ4n) is 1.19. The molecule has 0 aliphatic carbocycles. The Kier molecular flexibility index (Phi) is 1.99. The Morgan fingerprint density at radius 1 is 1.38 bits per heavy atom. The predicted molar refractivity (Wildman–Crippen MR) is 56.9 cm³/mol. The summed E-state index contributed by atoms with van der Waals surface area (Å²) in [6, 6.07) is 6.77. The van der Waals surface area contributed by atoms with Crippen LogP contribution in [0.2, 0.25) is 0 Å². The molecule has 1 aromatic carbocycles. The molecule has 4 heteroatoms. The van der Waals surface area contributed by atoms with Crippen molar-refractivity contribution in [3.8, 4) is 5.95 Å². The van der Waals surface area contributed by atoms with Gasteiger partial charge in [-0.05, 0) is 34.0 Å². The maximum atomic E-state index is 10.9. The summed E-state index contributed by atoms with van der Waals surface area (Å²) >= 11 is 2.07. The van der Waals surface area contributed by atoms with Crippen LogP contribution >= 0.6 is 22.6 Å². The van der Waals surface area contributed by atoms with Gasteiger partial charge in [-0.25, -0.2) is 4.79 Å². The van der Waals surface area contributed by atoms with E-state index in [1.54, 1.807) is 6.07 Å². The molecule has 0 spiro atoms. The molecule has 0 atom stereocenters. The number of benzene rings is 1. The van der Waals surface area contributed by atoms with Gasteiger partial charge < -0.3 is 9.52 Å². The second kappa shape index (κ2) is 3.02. The Morgan fingerprint density at radius 3 is 2.92 bits per heavy atom. The summed E-state index contributed by atoms with van der Waals surface area (Å²) in [6.07, 6.45) is 0. The van der Waals surface area contributed by atoms with Gasteiger partial charge in [0, 0.05) is 9.64 Å². The van der Waals surface area contributed by atoms with Gasteiger partial charge in [-0.2, -0.15) is 0 Å². The Balaban J connectivity index is 3.03. The topological polar surface area (TPSA) is 50.4 Å². The SMILES string of the molecule is O=c1cc2cccc(I)c2c(O)o1. The molecule has 1 N–H and O–H groups in total. The zero-order valence-corrected chi connectivity index (χ0v) is 8.61. The summed E-state index contributed by atoms with van der Waals surface area (Å²) < 4.78 is 5.42. The van der Waals surface area contributed by atoms with E-state index in [9.17, 15) is 9.90 Å². The van der Waals surface area contributed by atoms with E-state index in [2.05, 4.69) is 27.0 Å². The quantitative estimate of drug-likeness (QED) is 0.755. The lowest BCUT2D eigenvalue weighted by molar-refractivity contribution is 0.317. The summed E-state index contributed by atoms with van der Waals surface area (Å²) in [5.41, 5.74) is -0.535. The minimum atomic E-state index is -0.535. The van der Waals surface area contributed by atoms with Crippen molar-refractivity contribution >= 4 is 33.4 Å². The van der Waals surface area contributed by atoms with E-state index in [1.165, 1.54) is 6.07 Å². The average Bonchev–Trinajstić information content (AvgIpc) is 2.02. The van der Waals surface area contributed by atoms with Crippen molar-refractivity contribution in [3.63, 3.8) is 0 Å². The predicted octanol–water partition coefficient (Wildman–Crippen LogP) is 2.10. The number of halogens is 1. The lowest BCUT2D eigenvalue weighted by Crippen LogP contribution is -1.95. The average molecular weight is 288 g/mol. The Hall–Kier alpha value is -1.04. The molecule has 1 heterocycles. The third-order valence-electron chi connectivity index (χ3n) is 1.73. The molecule has 66 valence electrons. The summed E-state index contributed by atoms with van der Waals surface area (Å²) in [4.78, 5) is 10.9. The first-order chi connectivity index (χ1) is 6.18. The molecule has 0 aliphatic rings. The van der Waals surface area contributed by atoms with Crippen molar-refractivity contribution in [3.05, 3.63) is 38.3 Å². The van der Waals surface area contributed by atoms with Crippen molar-refractivity contribution < 1.29 is 9.52 Å². The molecule has 1 aromatic heterocycles. The molecule has 0 saturated heterocycles. The van der Waals surface area contributed by atoms with Gasteiger partial charge in [0.1, 0.15) is 0 Å². The van der Waals surface area contributed by atoms with Crippen LogP contribution < -0.4 is 5.63 Å². The minimum absolute atomic E-state index is 0.312. The second-order valence-corrected chi connectivity index (χ2v) is 3.74. The van der Waals surface area contributed by atoms with Crippen LogP contribution in [0.5, 0.6) is 5.95 Å². The number of hydrogen-bond acceptors (Lipinski definition) is 3. The highest BCUT2D eigenvalue weighted by Gasteiger charge is 2.06. The molecule has 3 nitrogen and oxygen atoms in total. The summed E-state index contributed by atoms with van der Waals surface area (Å²) in [5.74, 6) is -0.312. The molecule has 0 unspecified atom stereocenters. The Bertz CT molecular complexity index is 516.